The van der Waals surface area contributed by atoms with Crippen LogP contribution in [0.3, 0.4) is 0 Å². The topological polar surface area (TPSA) is 76.6 Å². The third-order valence-corrected chi connectivity index (χ3v) is 4.41. The van der Waals surface area contributed by atoms with Crippen molar-refractivity contribution in [3.63, 3.8) is 0 Å². The van der Waals surface area contributed by atoms with Crippen molar-refractivity contribution in [3.05, 3.63) is 77.6 Å². The van der Waals surface area contributed by atoms with Gasteiger partial charge in [0.15, 0.2) is 11.5 Å². The van der Waals surface area contributed by atoms with Gasteiger partial charge in [-0.15, -0.1) is 0 Å². The molecule has 7 nitrogen and oxygen atoms in total. The summed E-state index contributed by atoms with van der Waals surface area (Å²) in [5, 5.41) is 3.14. The normalized spacial score (nSPS) is 10.3. The largest absolute Gasteiger partial charge is 0.493 e. The van der Waals surface area contributed by atoms with Gasteiger partial charge >= 0.3 is 0 Å². The van der Waals surface area contributed by atoms with Gasteiger partial charge in [0.05, 0.1) is 19.8 Å². The molecule has 0 radical (unpaired) electrons. The Bertz CT molecular complexity index is 946. The van der Waals surface area contributed by atoms with E-state index in [1.807, 2.05) is 48.5 Å². The van der Waals surface area contributed by atoms with Crippen molar-refractivity contribution in [1.29, 1.82) is 0 Å². The van der Waals surface area contributed by atoms with Crippen LogP contribution in [0.25, 0.3) is 0 Å². The number of anilines is 1. The molecular weight excluding hydrogens is 368 g/mol. The first kappa shape index (κ1) is 20.1. The molecule has 0 saturated heterocycles. The summed E-state index contributed by atoms with van der Waals surface area (Å²) in [6, 6.07) is 15.5. The first-order chi connectivity index (χ1) is 14.1. The van der Waals surface area contributed by atoms with Gasteiger partial charge < -0.3 is 19.7 Å². The highest BCUT2D eigenvalue weighted by Crippen LogP contribution is 2.27. The van der Waals surface area contributed by atoms with Gasteiger partial charge in [-0.05, 0) is 23.3 Å². The Hall–Kier alpha value is -3.61. The van der Waals surface area contributed by atoms with E-state index in [1.165, 1.54) is 12.4 Å². The Labute approximate surface area is 170 Å². The van der Waals surface area contributed by atoms with Crippen LogP contribution < -0.4 is 14.8 Å². The van der Waals surface area contributed by atoms with Gasteiger partial charge in [0, 0.05) is 32.5 Å². The fourth-order valence-electron chi connectivity index (χ4n) is 2.85. The predicted molar refractivity (Wildman–Crippen MR) is 111 cm³/mol. The number of amides is 1. The summed E-state index contributed by atoms with van der Waals surface area (Å²) in [6.45, 7) is 1.04. The number of hydrogen-bond acceptors (Lipinski definition) is 6. The van der Waals surface area contributed by atoms with Crippen LogP contribution in [0.15, 0.2) is 60.9 Å². The lowest BCUT2D eigenvalue weighted by Crippen LogP contribution is -2.26. The van der Waals surface area contributed by atoms with E-state index in [-0.39, 0.29) is 5.91 Å². The smallest absolute Gasteiger partial charge is 0.257 e. The molecule has 0 atom stereocenters. The summed E-state index contributed by atoms with van der Waals surface area (Å²) < 4.78 is 10.6. The maximum absolute atomic E-state index is 12.6. The number of aromatic nitrogens is 2. The van der Waals surface area contributed by atoms with E-state index in [0.29, 0.717) is 36.1 Å². The van der Waals surface area contributed by atoms with Gasteiger partial charge in [-0.1, -0.05) is 36.4 Å². The third kappa shape index (κ3) is 5.22. The highest BCUT2D eigenvalue weighted by Gasteiger charge is 2.13. The van der Waals surface area contributed by atoms with Gasteiger partial charge in [0.1, 0.15) is 0 Å². The van der Waals surface area contributed by atoms with Crippen molar-refractivity contribution in [3.8, 4) is 11.5 Å². The molecule has 0 spiro atoms. The Kier molecular flexibility index (Phi) is 6.63. The van der Waals surface area contributed by atoms with E-state index in [4.69, 9.17) is 9.47 Å². The summed E-state index contributed by atoms with van der Waals surface area (Å²) >= 11 is 0. The molecule has 0 aliphatic rings. The number of carbonyl (C=O) groups is 1. The van der Waals surface area contributed by atoms with E-state index < -0.39 is 0 Å². The number of nitrogens with zero attached hydrogens (tertiary/aromatic N) is 3. The van der Waals surface area contributed by atoms with Crippen LogP contribution in [0.2, 0.25) is 0 Å². The average Bonchev–Trinajstić information content (AvgIpc) is 2.78. The van der Waals surface area contributed by atoms with E-state index >= 15 is 0 Å². The lowest BCUT2D eigenvalue weighted by Gasteiger charge is -2.17. The molecule has 0 bridgehead atoms. The van der Waals surface area contributed by atoms with Gasteiger partial charge in [-0.3, -0.25) is 4.79 Å². The SMILES string of the molecule is COc1ccc(CNc2ncc(C(=O)N(C)Cc3ccccc3)cn2)cc1OC. The number of rotatable bonds is 8. The quantitative estimate of drug-likeness (QED) is 0.633. The molecule has 0 aliphatic heterocycles. The number of hydrogen-bond donors (Lipinski definition) is 1. The van der Waals surface area contributed by atoms with E-state index in [2.05, 4.69) is 15.3 Å². The fourth-order valence-corrected chi connectivity index (χ4v) is 2.85. The maximum atomic E-state index is 12.6. The number of ether oxygens (including phenoxy) is 2. The van der Waals surface area contributed by atoms with Gasteiger partial charge in [-0.25, -0.2) is 9.97 Å². The summed E-state index contributed by atoms with van der Waals surface area (Å²) in [4.78, 5) is 22.7. The van der Waals surface area contributed by atoms with Crippen LogP contribution in [0.4, 0.5) is 5.95 Å². The lowest BCUT2D eigenvalue weighted by atomic mass is 10.2. The molecule has 0 aliphatic carbocycles. The standard InChI is InChI=1S/C22H24N4O3/c1-26(15-16-7-5-4-6-8-16)21(27)18-13-24-22(25-14-18)23-12-17-9-10-19(28-2)20(11-17)29-3/h4-11,13-14H,12,15H2,1-3H3,(H,23,24,25). The van der Waals surface area contributed by atoms with E-state index in [1.54, 1.807) is 26.2 Å². The minimum absolute atomic E-state index is 0.125. The number of nitrogens with one attached hydrogen (secondary N) is 1. The molecule has 0 saturated carbocycles. The molecule has 7 heteroatoms. The lowest BCUT2D eigenvalue weighted by molar-refractivity contribution is 0.0784. The summed E-state index contributed by atoms with van der Waals surface area (Å²) in [7, 11) is 4.96. The summed E-state index contributed by atoms with van der Waals surface area (Å²) in [5.74, 6) is 1.66. The van der Waals surface area contributed by atoms with Gasteiger partial charge in [0.2, 0.25) is 5.95 Å². The number of methoxy groups -OCH3 is 2. The molecule has 29 heavy (non-hydrogen) atoms. The first-order valence-corrected chi connectivity index (χ1v) is 9.17. The van der Waals surface area contributed by atoms with Crippen molar-refractivity contribution in [1.82, 2.24) is 14.9 Å². The molecule has 1 amide bonds. The summed E-state index contributed by atoms with van der Waals surface area (Å²) in [5.41, 5.74) is 2.51. The molecule has 0 fully saturated rings. The molecule has 3 rings (SSSR count). The molecule has 150 valence electrons. The molecule has 0 unspecified atom stereocenters. The summed E-state index contributed by atoms with van der Waals surface area (Å²) in [6.07, 6.45) is 3.07. The fraction of sp³-hybridized carbons (Fsp3) is 0.227. The zero-order chi connectivity index (χ0) is 20.6. The minimum Gasteiger partial charge on any atom is -0.493 e. The second-order valence-corrected chi connectivity index (χ2v) is 6.49. The van der Waals surface area contributed by atoms with Crippen LogP contribution in [-0.4, -0.2) is 42.0 Å². The van der Waals surface area contributed by atoms with Crippen molar-refractivity contribution in [2.24, 2.45) is 0 Å². The first-order valence-electron chi connectivity index (χ1n) is 9.17. The second kappa shape index (κ2) is 9.54. The maximum Gasteiger partial charge on any atom is 0.257 e. The van der Waals surface area contributed by atoms with Crippen LogP contribution in [0.5, 0.6) is 11.5 Å². The van der Waals surface area contributed by atoms with E-state index in [0.717, 1.165) is 11.1 Å². The highest BCUT2D eigenvalue weighted by atomic mass is 16.5. The van der Waals surface area contributed by atoms with Crippen LogP contribution in [0.1, 0.15) is 21.5 Å². The Balaban J connectivity index is 1.59. The van der Waals surface area contributed by atoms with Crippen molar-refractivity contribution in [2.75, 3.05) is 26.6 Å². The Morgan fingerprint density at radius 2 is 1.66 bits per heavy atom. The number of carbonyl (C=O) groups excluding carboxylic acids is 1. The second-order valence-electron chi connectivity index (χ2n) is 6.49. The molecule has 1 heterocycles. The minimum atomic E-state index is -0.125. The van der Waals surface area contributed by atoms with Gasteiger partial charge in [0.25, 0.3) is 5.91 Å². The molecule has 1 aromatic heterocycles. The Morgan fingerprint density at radius 3 is 2.31 bits per heavy atom. The third-order valence-electron chi connectivity index (χ3n) is 4.41. The Morgan fingerprint density at radius 1 is 0.966 bits per heavy atom. The molecule has 1 N–H and O–H groups in total. The van der Waals surface area contributed by atoms with Crippen molar-refractivity contribution >= 4 is 11.9 Å². The zero-order valence-corrected chi connectivity index (χ0v) is 16.8. The molecule has 3 aromatic rings. The monoisotopic (exact) mass is 392 g/mol. The zero-order valence-electron chi connectivity index (χ0n) is 16.8. The van der Waals surface area contributed by atoms with Crippen molar-refractivity contribution < 1.29 is 14.3 Å². The average molecular weight is 392 g/mol. The van der Waals surface area contributed by atoms with Crippen molar-refractivity contribution in [2.45, 2.75) is 13.1 Å². The molecule has 2 aromatic carbocycles. The number of benzene rings is 2. The van der Waals surface area contributed by atoms with Crippen LogP contribution >= 0.6 is 0 Å². The van der Waals surface area contributed by atoms with Crippen LogP contribution in [-0.2, 0) is 13.1 Å². The van der Waals surface area contributed by atoms with E-state index in [9.17, 15) is 4.79 Å². The van der Waals surface area contributed by atoms with Gasteiger partial charge in [-0.2, -0.15) is 0 Å². The molecular formula is C22H24N4O3. The predicted octanol–water partition coefficient (Wildman–Crippen LogP) is 3.38. The van der Waals surface area contributed by atoms with Crippen LogP contribution in [0, 0.1) is 0 Å². The highest BCUT2D eigenvalue weighted by molar-refractivity contribution is 5.93.